The van der Waals surface area contributed by atoms with Crippen molar-refractivity contribution in [1.82, 2.24) is 4.98 Å². The summed E-state index contributed by atoms with van der Waals surface area (Å²) >= 11 is 0. The summed E-state index contributed by atoms with van der Waals surface area (Å²) in [6.07, 6.45) is 3.06. The first-order valence-electron chi connectivity index (χ1n) is 5.48. The summed E-state index contributed by atoms with van der Waals surface area (Å²) in [6.45, 7) is 5.59. The highest BCUT2D eigenvalue weighted by atomic mass is 15.1. The van der Waals surface area contributed by atoms with E-state index >= 15 is 0 Å². The lowest BCUT2D eigenvalue weighted by molar-refractivity contribution is 0.585. The van der Waals surface area contributed by atoms with E-state index in [-0.39, 0.29) is 0 Å². The van der Waals surface area contributed by atoms with Gasteiger partial charge < -0.3 is 10.2 Å². The third-order valence-corrected chi connectivity index (χ3v) is 2.48. The van der Waals surface area contributed by atoms with Crippen molar-refractivity contribution >= 4 is 11.5 Å². The fourth-order valence-corrected chi connectivity index (χ4v) is 1.37. The van der Waals surface area contributed by atoms with Gasteiger partial charge in [-0.3, -0.25) is 0 Å². The van der Waals surface area contributed by atoms with Crippen molar-refractivity contribution in [2.75, 3.05) is 30.9 Å². The monoisotopic (exact) mass is 207 g/mol. The number of nitrogens with zero attached hydrogens (tertiary/aromatic N) is 2. The van der Waals surface area contributed by atoms with Crippen LogP contribution in [0.3, 0.4) is 0 Å². The molecule has 0 fully saturated rings. The number of anilines is 2. The Bertz CT molecular complexity index is 297. The highest BCUT2D eigenvalue weighted by molar-refractivity contribution is 5.52. The Morgan fingerprint density at radius 2 is 2.20 bits per heavy atom. The number of aromatic nitrogens is 1. The molecule has 0 atom stereocenters. The van der Waals surface area contributed by atoms with Gasteiger partial charge in [-0.2, -0.15) is 0 Å². The molecule has 0 bridgehead atoms. The van der Waals surface area contributed by atoms with E-state index in [1.54, 1.807) is 0 Å². The van der Waals surface area contributed by atoms with Gasteiger partial charge in [0, 0.05) is 38.6 Å². The Kier molecular flexibility index (Phi) is 4.40. The molecule has 0 aromatic carbocycles. The van der Waals surface area contributed by atoms with Gasteiger partial charge >= 0.3 is 0 Å². The number of hydrogen-bond donors (Lipinski definition) is 1. The smallest absolute Gasteiger partial charge is 0.127 e. The van der Waals surface area contributed by atoms with Gasteiger partial charge in [0.2, 0.25) is 0 Å². The van der Waals surface area contributed by atoms with Crippen molar-refractivity contribution in [2.45, 2.75) is 20.3 Å². The van der Waals surface area contributed by atoms with Crippen LogP contribution in [0.4, 0.5) is 11.5 Å². The number of pyridine rings is 1. The Hall–Kier alpha value is -1.25. The van der Waals surface area contributed by atoms with Gasteiger partial charge in [0.25, 0.3) is 0 Å². The summed E-state index contributed by atoms with van der Waals surface area (Å²) in [7, 11) is 4.01. The molecule has 0 radical (unpaired) electrons. The van der Waals surface area contributed by atoms with Crippen molar-refractivity contribution in [3.05, 3.63) is 18.3 Å². The topological polar surface area (TPSA) is 28.2 Å². The van der Waals surface area contributed by atoms with E-state index in [0.29, 0.717) is 0 Å². The number of hydrogen-bond acceptors (Lipinski definition) is 3. The normalized spacial score (nSPS) is 10.5. The standard InChI is InChI=1S/C12H21N3/c1-10(2)6-8-15(4)11-5-7-14-12(9-11)13-3/h5,7,9-10H,6,8H2,1-4H3,(H,13,14). The SMILES string of the molecule is CNc1cc(N(C)CCC(C)C)ccn1. The van der Waals surface area contributed by atoms with E-state index in [1.165, 1.54) is 12.1 Å². The molecule has 0 saturated heterocycles. The molecular weight excluding hydrogens is 186 g/mol. The minimum atomic E-state index is 0.748. The molecule has 1 heterocycles. The molecule has 1 N–H and O–H groups in total. The first-order valence-corrected chi connectivity index (χ1v) is 5.48. The van der Waals surface area contributed by atoms with Gasteiger partial charge in [0.05, 0.1) is 0 Å². The molecule has 1 rings (SSSR count). The van der Waals surface area contributed by atoms with Crippen LogP contribution in [0.1, 0.15) is 20.3 Å². The highest BCUT2D eigenvalue weighted by Gasteiger charge is 2.03. The fourth-order valence-electron chi connectivity index (χ4n) is 1.37. The molecule has 0 saturated carbocycles. The molecule has 1 aromatic heterocycles. The van der Waals surface area contributed by atoms with Gasteiger partial charge in [-0.05, 0) is 18.4 Å². The van der Waals surface area contributed by atoms with Crippen molar-refractivity contribution in [3.63, 3.8) is 0 Å². The van der Waals surface area contributed by atoms with E-state index in [2.05, 4.69) is 42.2 Å². The summed E-state index contributed by atoms with van der Waals surface area (Å²) in [5, 5.41) is 3.05. The van der Waals surface area contributed by atoms with E-state index in [0.717, 1.165) is 18.3 Å². The molecule has 0 unspecified atom stereocenters. The summed E-state index contributed by atoms with van der Waals surface area (Å²) < 4.78 is 0. The summed E-state index contributed by atoms with van der Waals surface area (Å²) in [4.78, 5) is 6.46. The Balaban J connectivity index is 2.60. The molecular formula is C12H21N3. The van der Waals surface area contributed by atoms with Crippen LogP contribution < -0.4 is 10.2 Å². The van der Waals surface area contributed by atoms with Crippen LogP contribution >= 0.6 is 0 Å². The van der Waals surface area contributed by atoms with Gasteiger partial charge in [0.15, 0.2) is 0 Å². The van der Waals surface area contributed by atoms with Gasteiger partial charge in [-0.25, -0.2) is 4.98 Å². The molecule has 0 aliphatic rings. The van der Waals surface area contributed by atoms with Gasteiger partial charge in [-0.1, -0.05) is 13.8 Å². The molecule has 15 heavy (non-hydrogen) atoms. The first kappa shape index (κ1) is 11.8. The first-order chi connectivity index (χ1) is 7.13. The molecule has 1 aromatic rings. The molecule has 0 aliphatic carbocycles. The second-order valence-corrected chi connectivity index (χ2v) is 4.25. The predicted molar refractivity (Wildman–Crippen MR) is 66.5 cm³/mol. The molecule has 84 valence electrons. The van der Waals surface area contributed by atoms with Crippen LogP contribution in [0.2, 0.25) is 0 Å². The Labute approximate surface area is 92.5 Å². The van der Waals surface area contributed by atoms with E-state index in [9.17, 15) is 0 Å². The molecule has 0 amide bonds. The maximum Gasteiger partial charge on any atom is 0.127 e. The van der Waals surface area contributed by atoms with Crippen molar-refractivity contribution < 1.29 is 0 Å². The largest absolute Gasteiger partial charge is 0.374 e. The zero-order valence-corrected chi connectivity index (χ0v) is 10.1. The van der Waals surface area contributed by atoms with Crippen LogP contribution in [0, 0.1) is 5.92 Å². The van der Waals surface area contributed by atoms with Gasteiger partial charge in [0.1, 0.15) is 5.82 Å². The molecule has 0 spiro atoms. The summed E-state index contributed by atoms with van der Waals surface area (Å²) in [5.41, 5.74) is 1.22. The van der Waals surface area contributed by atoms with E-state index in [4.69, 9.17) is 0 Å². The third kappa shape index (κ3) is 3.78. The second kappa shape index (κ2) is 5.59. The van der Waals surface area contributed by atoms with Crippen LogP contribution in [0.5, 0.6) is 0 Å². The van der Waals surface area contributed by atoms with E-state index in [1.807, 2.05) is 19.3 Å². The lowest BCUT2D eigenvalue weighted by Gasteiger charge is -2.20. The van der Waals surface area contributed by atoms with Crippen molar-refractivity contribution in [1.29, 1.82) is 0 Å². The predicted octanol–water partition coefficient (Wildman–Crippen LogP) is 2.61. The summed E-state index contributed by atoms with van der Waals surface area (Å²) in [5.74, 6) is 1.67. The second-order valence-electron chi connectivity index (χ2n) is 4.25. The fraction of sp³-hybridized carbons (Fsp3) is 0.583. The third-order valence-electron chi connectivity index (χ3n) is 2.48. The quantitative estimate of drug-likeness (QED) is 0.804. The highest BCUT2D eigenvalue weighted by Crippen LogP contribution is 2.16. The Morgan fingerprint density at radius 3 is 2.80 bits per heavy atom. The van der Waals surface area contributed by atoms with Crippen LogP contribution in [-0.2, 0) is 0 Å². The molecule has 3 nitrogen and oxygen atoms in total. The maximum absolute atomic E-state index is 4.20. The number of rotatable bonds is 5. The van der Waals surface area contributed by atoms with Crippen LogP contribution in [0.15, 0.2) is 18.3 Å². The minimum absolute atomic E-state index is 0.748. The van der Waals surface area contributed by atoms with Crippen molar-refractivity contribution in [3.8, 4) is 0 Å². The molecule has 3 heteroatoms. The number of nitrogens with one attached hydrogen (secondary N) is 1. The maximum atomic E-state index is 4.20. The minimum Gasteiger partial charge on any atom is -0.374 e. The average molecular weight is 207 g/mol. The average Bonchev–Trinajstić information content (AvgIpc) is 2.26. The zero-order chi connectivity index (χ0) is 11.3. The van der Waals surface area contributed by atoms with Gasteiger partial charge in [-0.15, -0.1) is 0 Å². The van der Waals surface area contributed by atoms with Crippen LogP contribution in [-0.4, -0.2) is 25.6 Å². The lowest BCUT2D eigenvalue weighted by atomic mass is 10.1. The lowest BCUT2D eigenvalue weighted by Crippen LogP contribution is -2.19. The zero-order valence-electron chi connectivity index (χ0n) is 10.1. The molecule has 0 aliphatic heterocycles. The summed E-state index contributed by atoms with van der Waals surface area (Å²) in [6, 6.07) is 4.11. The van der Waals surface area contributed by atoms with Crippen LogP contribution in [0.25, 0.3) is 0 Å². The van der Waals surface area contributed by atoms with Crippen molar-refractivity contribution in [2.24, 2.45) is 5.92 Å². The van der Waals surface area contributed by atoms with E-state index < -0.39 is 0 Å². The Morgan fingerprint density at radius 1 is 1.47 bits per heavy atom.